The third-order valence-electron chi connectivity index (χ3n) is 2.31. The Morgan fingerprint density at radius 3 is 2.75 bits per heavy atom. The van der Waals surface area contributed by atoms with Crippen molar-refractivity contribution < 1.29 is 22.7 Å². The number of aryl methyl sites for hydroxylation is 1. The van der Waals surface area contributed by atoms with Crippen LogP contribution in [0.3, 0.4) is 0 Å². The molecule has 1 aromatic carbocycles. The second-order valence-electron chi connectivity index (χ2n) is 4.15. The van der Waals surface area contributed by atoms with Gasteiger partial charge in [-0.15, -0.1) is 0 Å². The highest BCUT2D eigenvalue weighted by Crippen LogP contribution is 2.15. The van der Waals surface area contributed by atoms with Crippen molar-refractivity contribution in [3.63, 3.8) is 0 Å². The summed E-state index contributed by atoms with van der Waals surface area (Å²) < 4.78 is 39.8. The maximum atomic E-state index is 11.8. The monoisotopic (exact) mass is 353 g/mol. The normalized spacial score (nSPS) is 11.4. The van der Waals surface area contributed by atoms with Gasteiger partial charge in [0.15, 0.2) is 0 Å². The minimum atomic E-state index is -4.42. The molecule has 7 heteroatoms. The van der Waals surface area contributed by atoms with Crippen molar-refractivity contribution in [1.29, 1.82) is 0 Å². The van der Waals surface area contributed by atoms with Crippen LogP contribution in [0.2, 0.25) is 0 Å². The minimum absolute atomic E-state index is 0.553. The highest BCUT2D eigenvalue weighted by molar-refractivity contribution is 9.09. The standard InChI is InChI=1S/C13H15BrF3NO2/c14-6-2-4-10-3-1-5-11(7-10)18-12(19)8-20-9-13(15,16)17/h1,3,5,7H,2,4,6,8-9H2,(H,18,19). The lowest BCUT2D eigenvalue weighted by Gasteiger charge is -2.09. The van der Waals surface area contributed by atoms with Crippen molar-refractivity contribution in [1.82, 2.24) is 0 Å². The van der Waals surface area contributed by atoms with Crippen LogP contribution in [-0.4, -0.2) is 30.6 Å². The van der Waals surface area contributed by atoms with E-state index in [0.717, 1.165) is 23.7 Å². The molecule has 3 nitrogen and oxygen atoms in total. The second kappa shape index (κ2) is 8.26. The van der Waals surface area contributed by atoms with Gasteiger partial charge in [0.05, 0.1) is 0 Å². The molecular formula is C13H15BrF3NO2. The van der Waals surface area contributed by atoms with E-state index in [-0.39, 0.29) is 0 Å². The number of hydrogen-bond acceptors (Lipinski definition) is 2. The molecule has 112 valence electrons. The molecule has 0 aliphatic rings. The van der Waals surface area contributed by atoms with Crippen molar-refractivity contribution in [3.8, 4) is 0 Å². The highest BCUT2D eigenvalue weighted by Gasteiger charge is 2.27. The van der Waals surface area contributed by atoms with Crippen LogP contribution in [0.25, 0.3) is 0 Å². The van der Waals surface area contributed by atoms with Crippen molar-refractivity contribution in [2.24, 2.45) is 0 Å². The van der Waals surface area contributed by atoms with Crippen LogP contribution in [0.15, 0.2) is 24.3 Å². The first kappa shape index (κ1) is 17.0. The molecule has 0 heterocycles. The summed E-state index contributed by atoms with van der Waals surface area (Å²) in [7, 11) is 0. The van der Waals surface area contributed by atoms with Gasteiger partial charge in [0.1, 0.15) is 13.2 Å². The lowest BCUT2D eigenvalue weighted by atomic mass is 10.1. The molecule has 0 aliphatic heterocycles. The van der Waals surface area contributed by atoms with Gasteiger partial charge in [-0.3, -0.25) is 4.79 Å². The Kier molecular flexibility index (Phi) is 7.01. The molecule has 1 aromatic rings. The zero-order valence-electron chi connectivity index (χ0n) is 10.7. The summed E-state index contributed by atoms with van der Waals surface area (Å²) in [5.41, 5.74) is 1.61. The number of carbonyl (C=O) groups is 1. The first-order valence-corrected chi connectivity index (χ1v) is 7.12. The highest BCUT2D eigenvalue weighted by atomic mass is 79.9. The van der Waals surface area contributed by atoms with Gasteiger partial charge < -0.3 is 10.1 Å². The molecule has 0 saturated heterocycles. The van der Waals surface area contributed by atoms with Crippen LogP contribution < -0.4 is 5.32 Å². The van der Waals surface area contributed by atoms with E-state index in [4.69, 9.17) is 0 Å². The smallest absolute Gasteiger partial charge is 0.362 e. The van der Waals surface area contributed by atoms with Gasteiger partial charge in [0.25, 0.3) is 0 Å². The molecule has 0 spiro atoms. The quantitative estimate of drug-likeness (QED) is 0.761. The summed E-state index contributed by atoms with van der Waals surface area (Å²) in [5.74, 6) is -0.605. The molecule has 1 rings (SSSR count). The van der Waals surface area contributed by atoms with Gasteiger partial charge in [-0.25, -0.2) is 0 Å². The van der Waals surface area contributed by atoms with Crippen LogP contribution in [0.4, 0.5) is 18.9 Å². The Morgan fingerprint density at radius 2 is 2.10 bits per heavy atom. The second-order valence-corrected chi connectivity index (χ2v) is 4.94. The topological polar surface area (TPSA) is 38.3 Å². The third-order valence-corrected chi connectivity index (χ3v) is 2.87. The molecule has 1 N–H and O–H groups in total. The molecule has 0 radical (unpaired) electrons. The summed E-state index contributed by atoms with van der Waals surface area (Å²) in [6.07, 6.45) is -2.60. The number of alkyl halides is 4. The van der Waals surface area contributed by atoms with Crippen molar-refractivity contribution in [3.05, 3.63) is 29.8 Å². The molecule has 0 atom stereocenters. The first-order chi connectivity index (χ1) is 9.40. The SMILES string of the molecule is O=C(COCC(F)(F)F)Nc1cccc(CCCBr)c1. The lowest BCUT2D eigenvalue weighted by Crippen LogP contribution is -2.24. The number of amides is 1. The zero-order valence-corrected chi connectivity index (χ0v) is 12.3. The predicted octanol–water partition coefficient (Wildman–Crippen LogP) is 3.53. The van der Waals surface area contributed by atoms with E-state index >= 15 is 0 Å². The number of halogens is 4. The summed E-state index contributed by atoms with van der Waals surface area (Å²) in [4.78, 5) is 11.4. The molecule has 0 saturated carbocycles. The van der Waals surface area contributed by atoms with E-state index in [1.54, 1.807) is 18.2 Å². The van der Waals surface area contributed by atoms with Crippen LogP contribution in [-0.2, 0) is 16.0 Å². The van der Waals surface area contributed by atoms with Gasteiger partial charge in [-0.2, -0.15) is 13.2 Å². The lowest BCUT2D eigenvalue weighted by molar-refractivity contribution is -0.174. The number of carbonyl (C=O) groups excluding carboxylic acids is 1. The van der Waals surface area contributed by atoms with E-state index < -0.39 is 25.3 Å². The molecule has 1 amide bonds. The van der Waals surface area contributed by atoms with E-state index in [1.807, 2.05) is 6.07 Å². The maximum absolute atomic E-state index is 11.8. The van der Waals surface area contributed by atoms with Gasteiger partial charge in [-0.1, -0.05) is 28.1 Å². The molecule has 0 aromatic heterocycles. The predicted molar refractivity (Wildman–Crippen MR) is 74.1 cm³/mol. The summed E-state index contributed by atoms with van der Waals surface area (Å²) >= 11 is 3.33. The molecule has 0 fully saturated rings. The van der Waals surface area contributed by atoms with E-state index in [1.165, 1.54) is 0 Å². The van der Waals surface area contributed by atoms with Crippen molar-refractivity contribution in [2.75, 3.05) is 23.9 Å². The number of benzene rings is 1. The molecule has 0 unspecified atom stereocenters. The fourth-order valence-corrected chi connectivity index (χ4v) is 1.81. The van der Waals surface area contributed by atoms with Gasteiger partial charge >= 0.3 is 6.18 Å². The van der Waals surface area contributed by atoms with Crippen LogP contribution in [0, 0.1) is 0 Å². The number of anilines is 1. The van der Waals surface area contributed by atoms with Gasteiger partial charge in [0, 0.05) is 11.0 Å². The fraction of sp³-hybridized carbons (Fsp3) is 0.462. The van der Waals surface area contributed by atoms with Crippen molar-refractivity contribution >= 4 is 27.5 Å². The number of nitrogens with one attached hydrogen (secondary N) is 1. The Hall–Kier alpha value is -1.08. The summed E-state index contributed by atoms with van der Waals surface area (Å²) in [6, 6.07) is 7.19. The van der Waals surface area contributed by atoms with E-state index in [9.17, 15) is 18.0 Å². The third kappa shape index (κ3) is 7.49. The average molecular weight is 354 g/mol. The van der Waals surface area contributed by atoms with E-state index in [0.29, 0.717) is 5.69 Å². The minimum Gasteiger partial charge on any atom is -0.362 e. The van der Waals surface area contributed by atoms with Gasteiger partial charge in [0.2, 0.25) is 5.91 Å². The van der Waals surface area contributed by atoms with Crippen molar-refractivity contribution in [2.45, 2.75) is 19.0 Å². The number of ether oxygens (including phenoxy) is 1. The molecule has 0 aliphatic carbocycles. The summed E-state index contributed by atoms with van der Waals surface area (Å²) in [5, 5.41) is 3.39. The average Bonchev–Trinajstić information content (AvgIpc) is 2.35. The fourth-order valence-electron chi connectivity index (χ4n) is 1.53. The molecule has 20 heavy (non-hydrogen) atoms. The Balaban J connectivity index is 2.41. The molecule has 0 bridgehead atoms. The molecular weight excluding hydrogens is 339 g/mol. The van der Waals surface area contributed by atoms with Gasteiger partial charge in [-0.05, 0) is 30.5 Å². The first-order valence-electron chi connectivity index (χ1n) is 6.00. The number of rotatable bonds is 7. The Bertz CT molecular complexity index is 438. The van der Waals surface area contributed by atoms with E-state index in [2.05, 4.69) is 26.0 Å². The Morgan fingerprint density at radius 1 is 1.35 bits per heavy atom. The summed E-state index contributed by atoms with van der Waals surface area (Å²) in [6.45, 7) is -2.04. The van der Waals surface area contributed by atoms with Crippen LogP contribution in [0.1, 0.15) is 12.0 Å². The van der Waals surface area contributed by atoms with Crippen LogP contribution in [0.5, 0.6) is 0 Å². The largest absolute Gasteiger partial charge is 0.411 e. The number of hydrogen-bond donors (Lipinski definition) is 1. The zero-order chi connectivity index (χ0) is 15.0. The maximum Gasteiger partial charge on any atom is 0.411 e. The van der Waals surface area contributed by atoms with Crippen LogP contribution >= 0.6 is 15.9 Å². The Labute approximate surface area is 123 Å².